The minimum absolute atomic E-state index is 0.310. The van der Waals surface area contributed by atoms with Crippen molar-refractivity contribution in [1.82, 2.24) is 5.32 Å². The van der Waals surface area contributed by atoms with E-state index >= 15 is 0 Å². The Kier molecular flexibility index (Phi) is 3.78. The van der Waals surface area contributed by atoms with Gasteiger partial charge in [0.25, 0.3) is 0 Å². The molecule has 2 aromatic rings. The van der Waals surface area contributed by atoms with Crippen LogP contribution >= 0.6 is 0 Å². The van der Waals surface area contributed by atoms with Gasteiger partial charge >= 0.3 is 0 Å². The Morgan fingerprint density at radius 3 is 2.29 bits per heavy atom. The van der Waals surface area contributed by atoms with Gasteiger partial charge in [0.2, 0.25) is 0 Å². The van der Waals surface area contributed by atoms with E-state index in [1.807, 2.05) is 30.3 Å². The van der Waals surface area contributed by atoms with E-state index in [0.29, 0.717) is 11.8 Å². The molecule has 0 heterocycles. The smallest absolute Gasteiger partial charge is 0.115 e. The van der Waals surface area contributed by atoms with Gasteiger partial charge in [-0.2, -0.15) is 0 Å². The molecule has 0 saturated carbocycles. The first-order chi connectivity index (χ1) is 8.25. The molecular formula is C15H17NO. The van der Waals surface area contributed by atoms with Crippen LogP contribution in [-0.2, 0) is 6.54 Å². The Morgan fingerprint density at radius 1 is 1.00 bits per heavy atom. The number of phenols is 1. The van der Waals surface area contributed by atoms with E-state index in [2.05, 4.69) is 24.4 Å². The quantitative estimate of drug-likeness (QED) is 0.840. The van der Waals surface area contributed by atoms with E-state index in [1.54, 1.807) is 12.1 Å². The predicted octanol–water partition coefficient (Wildman–Crippen LogP) is 3.24. The van der Waals surface area contributed by atoms with Gasteiger partial charge < -0.3 is 10.4 Å². The Balaban J connectivity index is 1.92. The second-order valence-electron chi connectivity index (χ2n) is 4.18. The van der Waals surface area contributed by atoms with Gasteiger partial charge in [0, 0.05) is 12.6 Å². The third-order valence-corrected chi connectivity index (χ3v) is 2.85. The Hall–Kier alpha value is -1.80. The van der Waals surface area contributed by atoms with Gasteiger partial charge in [-0.05, 0) is 30.2 Å². The molecule has 2 rings (SSSR count). The molecule has 0 saturated heterocycles. The van der Waals surface area contributed by atoms with Crippen LogP contribution in [0.5, 0.6) is 5.75 Å². The maximum absolute atomic E-state index is 9.19. The monoisotopic (exact) mass is 227 g/mol. The minimum atomic E-state index is 0.310. The SMILES string of the molecule is CC(NCc1ccc(O)cc1)c1ccccc1. The fourth-order valence-corrected chi connectivity index (χ4v) is 1.74. The topological polar surface area (TPSA) is 32.3 Å². The molecule has 0 radical (unpaired) electrons. The first-order valence-corrected chi connectivity index (χ1v) is 5.82. The predicted molar refractivity (Wildman–Crippen MR) is 69.8 cm³/mol. The average molecular weight is 227 g/mol. The zero-order valence-corrected chi connectivity index (χ0v) is 9.93. The number of benzene rings is 2. The number of rotatable bonds is 4. The van der Waals surface area contributed by atoms with Crippen molar-refractivity contribution in [2.45, 2.75) is 19.5 Å². The molecule has 2 N–H and O–H groups in total. The highest BCUT2D eigenvalue weighted by Crippen LogP contribution is 2.13. The second kappa shape index (κ2) is 5.51. The lowest BCUT2D eigenvalue weighted by molar-refractivity contribution is 0.474. The zero-order chi connectivity index (χ0) is 12.1. The maximum atomic E-state index is 9.19. The van der Waals surface area contributed by atoms with Crippen LogP contribution in [0.4, 0.5) is 0 Å². The summed E-state index contributed by atoms with van der Waals surface area (Å²) in [5, 5.41) is 12.6. The lowest BCUT2D eigenvalue weighted by Gasteiger charge is -2.14. The highest BCUT2D eigenvalue weighted by Gasteiger charge is 2.03. The molecule has 0 aromatic heterocycles. The molecule has 2 aromatic carbocycles. The first-order valence-electron chi connectivity index (χ1n) is 5.82. The second-order valence-corrected chi connectivity index (χ2v) is 4.18. The number of aromatic hydroxyl groups is 1. The molecule has 2 nitrogen and oxygen atoms in total. The third-order valence-electron chi connectivity index (χ3n) is 2.85. The summed E-state index contributed by atoms with van der Waals surface area (Å²) in [6, 6.07) is 18.0. The molecule has 2 heteroatoms. The summed E-state index contributed by atoms with van der Waals surface area (Å²) in [5.41, 5.74) is 2.46. The molecule has 0 bridgehead atoms. The van der Waals surface area contributed by atoms with Crippen LogP contribution in [-0.4, -0.2) is 5.11 Å². The summed E-state index contributed by atoms with van der Waals surface area (Å²) in [6.45, 7) is 2.95. The van der Waals surface area contributed by atoms with E-state index in [9.17, 15) is 5.11 Å². The third kappa shape index (κ3) is 3.33. The van der Waals surface area contributed by atoms with Crippen LogP contribution in [0, 0.1) is 0 Å². The summed E-state index contributed by atoms with van der Waals surface area (Å²) in [7, 11) is 0. The van der Waals surface area contributed by atoms with E-state index in [-0.39, 0.29) is 0 Å². The molecular weight excluding hydrogens is 210 g/mol. The molecule has 0 aliphatic rings. The molecule has 0 amide bonds. The van der Waals surface area contributed by atoms with Crippen LogP contribution in [0.3, 0.4) is 0 Å². The number of hydrogen-bond acceptors (Lipinski definition) is 2. The van der Waals surface area contributed by atoms with Crippen molar-refractivity contribution in [3.05, 3.63) is 65.7 Å². The van der Waals surface area contributed by atoms with Gasteiger partial charge in [-0.1, -0.05) is 42.5 Å². The van der Waals surface area contributed by atoms with Crippen LogP contribution < -0.4 is 5.32 Å². The first kappa shape index (κ1) is 11.7. The molecule has 0 fully saturated rings. The number of nitrogens with one attached hydrogen (secondary N) is 1. The molecule has 0 aliphatic heterocycles. The Morgan fingerprint density at radius 2 is 1.65 bits per heavy atom. The molecule has 1 atom stereocenters. The van der Waals surface area contributed by atoms with Crippen molar-refractivity contribution >= 4 is 0 Å². The molecule has 1 unspecified atom stereocenters. The lowest BCUT2D eigenvalue weighted by atomic mass is 10.1. The summed E-state index contributed by atoms with van der Waals surface area (Å²) in [6.07, 6.45) is 0. The number of hydrogen-bond donors (Lipinski definition) is 2. The van der Waals surface area contributed by atoms with Gasteiger partial charge in [0.15, 0.2) is 0 Å². The van der Waals surface area contributed by atoms with Crippen molar-refractivity contribution in [2.75, 3.05) is 0 Å². The van der Waals surface area contributed by atoms with E-state index in [0.717, 1.165) is 6.54 Å². The van der Waals surface area contributed by atoms with Crippen LogP contribution in [0.25, 0.3) is 0 Å². The van der Waals surface area contributed by atoms with Crippen molar-refractivity contribution < 1.29 is 5.11 Å². The summed E-state index contributed by atoms with van der Waals surface area (Å²) >= 11 is 0. The van der Waals surface area contributed by atoms with Crippen LogP contribution in [0.2, 0.25) is 0 Å². The summed E-state index contributed by atoms with van der Waals surface area (Å²) in [4.78, 5) is 0. The van der Waals surface area contributed by atoms with Gasteiger partial charge in [-0.25, -0.2) is 0 Å². The van der Waals surface area contributed by atoms with E-state index in [4.69, 9.17) is 0 Å². The maximum Gasteiger partial charge on any atom is 0.115 e. The van der Waals surface area contributed by atoms with Crippen molar-refractivity contribution in [2.24, 2.45) is 0 Å². The summed E-state index contributed by atoms with van der Waals surface area (Å²) < 4.78 is 0. The highest BCUT2D eigenvalue weighted by atomic mass is 16.3. The summed E-state index contributed by atoms with van der Waals surface area (Å²) in [5.74, 6) is 0.310. The number of phenolic OH excluding ortho intramolecular Hbond substituents is 1. The molecule has 0 aliphatic carbocycles. The zero-order valence-electron chi connectivity index (χ0n) is 9.93. The lowest BCUT2D eigenvalue weighted by Crippen LogP contribution is -2.17. The van der Waals surface area contributed by atoms with Gasteiger partial charge in [-0.15, -0.1) is 0 Å². The van der Waals surface area contributed by atoms with Crippen molar-refractivity contribution in [3.63, 3.8) is 0 Å². The highest BCUT2D eigenvalue weighted by molar-refractivity contribution is 5.26. The fraction of sp³-hybridized carbons (Fsp3) is 0.200. The van der Waals surface area contributed by atoms with E-state index in [1.165, 1.54) is 11.1 Å². The molecule has 0 spiro atoms. The van der Waals surface area contributed by atoms with Crippen LogP contribution in [0.1, 0.15) is 24.1 Å². The normalized spacial score (nSPS) is 12.3. The van der Waals surface area contributed by atoms with Gasteiger partial charge in [0.1, 0.15) is 5.75 Å². The Labute approximate surface area is 102 Å². The molecule has 17 heavy (non-hydrogen) atoms. The standard InChI is InChI=1S/C15H17NO/c1-12(14-5-3-2-4-6-14)16-11-13-7-9-15(17)10-8-13/h2-10,12,16-17H,11H2,1H3. The van der Waals surface area contributed by atoms with Crippen molar-refractivity contribution in [1.29, 1.82) is 0 Å². The largest absolute Gasteiger partial charge is 0.508 e. The van der Waals surface area contributed by atoms with Crippen molar-refractivity contribution in [3.8, 4) is 5.75 Å². The average Bonchev–Trinajstić information content (AvgIpc) is 2.39. The molecule has 88 valence electrons. The Bertz CT molecular complexity index is 450. The minimum Gasteiger partial charge on any atom is -0.508 e. The van der Waals surface area contributed by atoms with E-state index < -0.39 is 0 Å². The van der Waals surface area contributed by atoms with Crippen LogP contribution in [0.15, 0.2) is 54.6 Å². The van der Waals surface area contributed by atoms with Gasteiger partial charge in [-0.3, -0.25) is 0 Å². The fourth-order valence-electron chi connectivity index (χ4n) is 1.74. The van der Waals surface area contributed by atoms with Gasteiger partial charge in [0.05, 0.1) is 0 Å².